The SMILES string of the molecule is CCCCC/C=C\CCCCCCCC(=O)NCCOP(=O)(O)OCC(O)COC(=O)CCCC. The van der Waals surface area contributed by atoms with Gasteiger partial charge >= 0.3 is 13.8 Å². The van der Waals surface area contributed by atoms with Gasteiger partial charge in [0.05, 0.1) is 13.2 Å². The van der Waals surface area contributed by atoms with E-state index < -0.39 is 26.5 Å². The average Bonchev–Trinajstić information content (AvgIpc) is 2.83. The Morgan fingerprint density at radius 2 is 1.49 bits per heavy atom. The van der Waals surface area contributed by atoms with Gasteiger partial charge in [0.2, 0.25) is 5.91 Å². The van der Waals surface area contributed by atoms with Crippen molar-refractivity contribution in [3.8, 4) is 0 Å². The molecule has 0 aromatic rings. The highest BCUT2D eigenvalue weighted by Gasteiger charge is 2.23. The van der Waals surface area contributed by atoms with Crippen molar-refractivity contribution >= 4 is 19.7 Å². The predicted octanol–water partition coefficient (Wildman–Crippen LogP) is 5.20. The van der Waals surface area contributed by atoms with Crippen LogP contribution in [0, 0.1) is 0 Å². The summed E-state index contributed by atoms with van der Waals surface area (Å²) in [5, 5.41) is 12.3. The fraction of sp³-hybridized carbons (Fsp3) is 0.840. The van der Waals surface area contributed by atoms with Gasteiger partial charge in [-0.25, -0.2) is 4.57 Å². The van der Waals surface area contributed by atoms with Crippen LogP contribution in [0.3, 0.4) is 0 Å². The van der Waals surface area contributed by atoms with Crippen LogP contribution >= 0.6 is 7.82 Å². The minimum absolute atomic E-state index is 0.0783. The fourth-order valence-corrected chi connectivity index (χ4v) is 3.87. The number of carbonyl (C=O) groups excluding carboxylic acids is 2. The van der Waals surface area contributed by atoms with E-state index in [0.717, 1.165) is 38.5 Å². The molecule has 0 spiro atoms. The van der Waals surface area contributed by atoms with Gasteiger partial charge in [-0.15, -0.1) is 0 Å². The fourth-order valence-electron chi connectivity index (χ4n) is 3.11. The molecule has 0 radical (unpaired) electrons. The zero-order valence-electron chi connectivity index (χ0n) is 21.8. The van der Waals surface area contributed by atoms with Gasteiger partial charge < -0.3 is 20.1 Å². The molecular weight excluding hydrogens is 473 g/mol. The van der Waals surface area contributed by atoms with Gasteiger partial charge in [0, 0.05) is 19.4 Å². The minimum Gasteiger partial charge on any atom is -0.463 e. The number of aliphatic hydroxyl groups is 1. The molecule has 0 aliphatic heterocycles. The van der Waals surface area contributed by atoms with Crippen molar-refractivity contribution in [2.24, 2.45) is 0 Å². The molecular formula is C25H48NO8P. The number of unbranched alkanes of at least 4 members (excludes halogenated alkanes) is 9. The first-order valence-corrected chi connectivity index (χ1v) is 14.7. The summed E-state index contributed by atoms with van der Waals surface area (Å²) in [7, 11) is -4.38. The zero-order valence-corrected chi connectivity index (χ0v) is 22.6. The zero-order chi connectivity index (χ0) is 26.2. The lowest BCUT2D eigenvalue weighted by Gasteiger charge is -2.15. The standard InChI is InChI=1S/C25H48NO8P/c1-3-5-7-8-9-10-11-12-13-14-15-16-17-24(28)26-19-20-33-35(30,31)34-22-23(27)21-32-25(29)18-6-4-2/h9-10,23,27H,3-8,11-22H2,1-2H3,(H,26,28)(H,30,31)/b10-9-. The lowest BCUT2D eigenvalue weighted by molar-refractivity contribution is -0.147. The first-order chi connectivity index (χ1) is 16.8. The van der Waals surface area contributed by atoms with Gasteiger partial charge in [-0.2, -0.15) is 0 Å². The number of amides is 1. The van der Waals surface area contributed by atoms with Crippen molar-refractivity contribution in [3.63, 3.8) is 0 Å². The number of aliphatic hydroxyl groups excluding tert-OH is 1. The van der Waals surface area contributed by atoms with Crippen molar-refractivity contribution in [3.05, 3.63) is 12.2 Å². The highest BCUT2D eigenvalue weighted by molar-refractivity contribution is 7.47. The highest BCUT2D eigenvalue weighted by Crippen LogP contribution is 2.42. The first kappa shape index (κ1) is 33.8. The largest absolute Gasteiger partial charge is 0.472 e. The number of phosphoric ester groups is 1. The Balaban J connectivity index is 3.65. The second-order valence-electron chi connectivity index (χ2n) is 8.66. The maximum absolute atomic E-state index is 11.8. The van der Waals surface area contributed by atoms with Gasteiger partial charge in [0.1, 0.15) is 12.7 Å². The third-order valence-electron chi connectivity index (χ3n) is 5.20. The van der Waals surface area contributed by atoms with E-state index >= 15 is 0 Å². The van der Waals surface area contributed by atoms with Crippen molar-refractivity contribution in [1.29, 1.82) is 0 Å². The number of phosphoric acid groups is 1. The Kier molecular flexibility index (Phi) is 22.3. The van der Waals surface area contributed by atoms with Gasteiger partial charge in [0.15, 0.2) is 0 Å². The Morgan fingerprint density at radius 3 is 2.17 bits per heavy atom. The van der Waals surface area contributed by atoms with Crippen LogP contribution in [0.2, 0.25) is 0 Å². The monoisotopic (exact) mass is 521 g/mol. The second-order valence-corrected chi connectivity index (χ2v) is 10.1. The van der Waals surface area contributed by atoms with Crippen molar-refractivity contribution < 1.29 is 37.9 Å². The van der Waals surface area contributed by atoms with Crippen LogP contribution in [0.25, 0.3) is 0 Å². The maximum Gasteiger partial charge on any atom is 0.472 e. The summed E-state index contributed by atoms with van der Waals surface area (Å²) in [5.41, 5.74) is 0. The Bertz CT molecular complexity index is 614. The molecule has 2 atom stereocenters. The molecule has 35 heavy (non-hydrogen) atoms. The van der Waals surface area contributed by atoms with Crippen LogP contribution in [0.15, 0.2) is 12.2 Å². The van der Waals surface area contributed by atoms with Crippen LogP contribution < -0.4 is 5.32 Å². The molecule has 3 N–H and O–H groups in total. The Morgan fingerprint density at radius 1 is 0.857 bits per heavy atom. The molecule has 0 fully saturated rings. The number of hydrogen-bond acceptors (Lipinski definition) is 7. The Hall–Kier alpha value is -1.25. The maximum atomic E-state index is 11.8. The summed E-state index contributed by atoms with van der Waals surface area (Å²) >= 11 is 0. The quantitative estimate of drug-likeness (QED) is 0.0684. The van der Waals surface area contributed by atoms with Crippen LogP contribution in [0.1, 0.15) is 104 Å². The normalized spacial score (nSPS) is 14.1. The summed E-state index contributed by atoms with van der Waals surface area (Å²) < 4.78 is 26.1. The molecule has 2 unspecified atom stereocenters. The summed E-state index contributed by atoms with van der Waals surface area (Å²) in [6.45, 7) is 3.19. The van der Waals surface area contributed by atoms with Gasteiger partial charge in [-0.05, 0) is 38.5 Å². The van der Waals surface area contributed by atoms with Crippen LogP contribution in [-0.4, -0.2) is 54.3 Å². The van der Waals surface area contributed by atoms with E-state index in [0.29, 0.717) is 12.8 Å². The van der Waals surface area contributed by atoms with E-state index in [9.17, 15) is 24.2 Å². The molecule has 0 aromatic carbocycles. The molecule has 10 heteroatoms. The van der Waals surface area contributed by atoms with E-state index in [4.69, 9.17) is 13.8 Å². The lowest BCUT2D eigenvalue weighted by atomic mass is 10.1. The molecule has 0 rings (SSSR count). The third-order valence-corrected chi connectivity index (χ3v) is 6.18. The van der Waals surface area contributed by atoms with Crippen LogP contribution in [0.4, 0.5) is 0 Å². The van der Waals surface area contributed by atoms with Crippen molar-refractivity contribution in [1.82, 2.24) is 5.32 Å². The van der Waals surface area contributed by atoms with Gasteiger partial charge in [0.25, 0.3) is 0 Å². The molecule has 0 heterocycles. The molecule has 1 amide bonds. The average molecular weight is 522 g/mol. The molecule has 0 aromatic heterocycles. The summed E-state index contributed by atoms with van der Waals surface area (Å²) in [6, 6.07) is 0. The van der Waals surface area contributed by atoms with Crippen molar-refractivity contribution in [2.75, 3.05) is 26.4 Å². The molecule has 0 saturated carbocycles. The number of nitrogens with one attached hydrogen (secondary N) is 1. The number of rotatable bonds is 24. The lowest BCUT2D eigenvalue weighted by Crippen LogP contribution is -2.27. The van der Waals surface area contributed by atoms with E-state index in [1.54, 1.807) is 0 Å². The number of allylic oxidation sites excluding steroid dienone is 2. The second kappa shape index (κ2) is 23.2. The van der Waals surface area contributed by atoms with E-state index in [2.05, 4.69) is 24.4 Å². The number of ether oxygens (including phenoxy) is 1. The van der Waals surface area contributed by atoms with E-state index in [1.807, 2.05) is 6.92 Å². The van der Waals surface area contributed by atoms with Crippen molar-refractivity contribution in [2.45, 2.75) is 110 Å². The van der Waals surface area contributed by atoms with Crippen LogP contribution in [0.5, 0.6) is 0 Å². The third kappa shape index (κ3) is 24.2. The smallest absolute Gasteiger partial charge is 0.463 e. The molecule has 0 aliphatic rings. The van der Waals surface area contributed by atoms with Crippen LogP contribution in [-0.2, 0) is 27.9 Å². The highest BCUT2D eigenvalue weighted by atomic mass is 31.2. The molecule has 9 nitrogen and oxygen atoms in total. The number of esters is 1. The molecule has 0 saturated heterocycles. The number of hydrogen-bond donors (Lipinski definition) is 3. The minimum atomic E-state index is -4.38. The summed E-state index contributed by atoms with van der Waals surface area (Å²) in [4.78, 5) is 32.8. The molecule has 206 valence electrons. The molecule has 0 bridgehead atoms. The van der Waals surface area contributed by atoms with Gasteiger partial charge in [-0.1, -0.05) is 64.5 Å². The Labute approximate surface area is 211 Å². The van der Waals surface area contributed by atoms with Gasteiger partial charge in [-0.3, -0.25) is 18.6 Å². The van der Waals surface area contributed by atoms with E-state index in [-0.39, 0.29) is 32.1 Å². The summed E-state index contributed by atoms with van der Waals surface area (Å²) in [5.74, 6) is -0.566. The summed E-state index contributed by atoms with van der Waals surface area (Å²) in [6.07, 6.45) is 16.9. The molecule has 0 aliphatic carbocycles. The number of carbonyl (C=O) groups is 2. The first-order valence-electron chi connectivity index (χ1n) is 13.2. The van der Waals surface area contributed by atoms with E-state index in [1.165, 1.54) is 32.1 Å². The predicted molar refractivity (Wildman–Crippen MR) is 137 cm³/mol. The topological polar surface area (TPSA) is 131 Å².